The van der Waals surface area contributed by atoms with E-state index in [0.29, 0.717) is 22.4 Å². The highest BCUT2D eigenvalue weighted by Gasteiger charge is 2.32. The molecule has 1 amide bonds. The molecule has 0 aliphatic heterocycles. The van der Waals surface area contributed by atoms with E-state index in [9.17, 15) is 22.8 Å². The van der Waals surface area contributed by atoms with E-state index in [2.05, 4.69) is 10.1 Å². The number of para-hydroxylation sites is 1. The number of nitrogens with zero attached hydrogens (tertiary/aromatic N) is 2. The number of aryl methyl sites for hydroxylation is 1. The molecule has 0 atom stereocenters. The van der Waals surface area contributed by atoms with Crippen LogP contribution in [0.1, 0.15) is 27.4 Å². The SMILES string of the molecule is Cc1cc(CN(C(=O)c2cc3ccccc3[nH]c2=O)c2cccc(C(F)(F)F)c2)no1. The van der Waals surface area contributed by atoms with E-state index in [4.69, 9.17) is 4.52 Å². The van der Waals surface area contributed by atoms with Crippen LogP contribution in [0, 0.1) is 6.92 Å². The quantitative estimate of drug-likeness (QED) is 0.513. The van der Waals surface area contributed by atoms with Crippen LogP contribution >= 0.6 is 0 Å². The van der Waals surface area contributed by atoms with E-state index >= 15 is 0 Å². The van der Waals surface area contributed by atoms with Crippen LogP contribution in [0.15, 0.2) is 70.0 Å². The fourth-order valence-corrected chi connectivity index (χ4v) is 3.24. The van der Waals surface area contributed by atoms with E-state index < -0.39 is 23.2 Å². The summed E-state index contributed by atoms with van der Waals surface area (Å²) >= 11 is 0. The number of rotatable bonds is 4. The maximum Gasteiger partial charge on any atom is 0.416 e. The zero-order valence-corrected chi connectivity index (χ0v) is 16.2. The highest BCUT2D eigenvalue weighted by molar-refractivity contribution is 6.07. The first-order chi connectivity index (χ1) is 14.7. The number of nitrogens with one attached hydrogen (secondary N) is 1. The number of carbonyl (C=O) groups is 1. The predicted octanol–water partition coefficient (Wildman–Crippen LogP) is 4.69. The van der Waals surface area contributed by atoms with Crippen molar-refractivity contribution in [2.75, 3.05) is 4.90 Å². The Labute approximate surface area is 173 Å². The molecule has 0 radical (unpaired) electrons. The number of halogens is 3. The number of anilines is 1. The van der Waals surface area contributed by atoms with Gasteiger partial charge in [0, 0.05) is 17.3 Å². The Morgan fingerprint density at radius 2 is 1.87 bits per heavy atom. The Morgan fingerprint density at radius 3 is 2.58 bits per heavy atom. The van der Waals surface area contributed by atoms with Crippen molar-refractivity contribution >= 4 is 22.5 Å². The van der Waals surface area contributed by atoms with E-state index in [0.717, 1.165) is 17.0 Å². The topological polar surface area (TPSA) is 79.2 Å². The monoisotopic (exact) mass is 427 g/mol. The second-order valence-electron chi connectivity index (χ2n) is 6.97. The molecular formula is C22H16F3N3O3. The summed E-state index contributed by atoms with van der Waals surface area (Å²) in [6.07, 6.45) is -4.59. The van der Waals surface area contributed by atoms with Gasteiger partial charge >= 0.3 is 6.18 Å². The molecule has 9 heteroatoms. The molecule has 4 rings (SSSR count). The van der Waals surface area contributed by atoms with Gasteiger partial charge in [-0.25, -0.2) is 0 Å². The highest BCUT2D eigenvalue weighted by Crippen LogP contribution is 2.32. The summed E-state index contributed by atoms with van der Waals surface area (Å²) in [6, 6.07) is 14.2. The van der Waals surface area contributed by atoms with Crippen LogP contribution in [0.3, 0.4) is 0 Å². The van der Waals surface area contributed by atoms with Crippen molar-refractivity contribution in [2.45, 2.75) is 19.6 Å². The van der Waals surface area contributed by atoms with Crippen molar-refractivity contribution < 1.29 is 22.5 Å². The molecule has 2 aromatic carbocycles. The first-order valence-corrected chi connectivity index (χ1v) is 9.26. The van der Waals surface area contributed by atoms with Crippen LogP contribution < -0.4 is 10.5 Å². The first kappa shape index (κ1) is 20.4. The minimum Gasteiger partial charge on any atom is -0.361 e. The first-order valence-electron chi connectivity index (χ1n) is 9.26. The van der Waals surface area contributed by atoms with Gasteiger partial charge in [0.25, 0.3) is 11.5 Å². The minimum atomic E-state index is -4.59. The Kier molecular flexibility index (Phi) is 5.10. The molecule has 0 saturated heterocycles. The summed E-state index contributed by atoms with van der Waals surface area (Å²) in [5.74, 6) is -0.276. The fourth-order valence-electron chi connectivity index (χ4n) is 3.24. The second-order valence-corrected chi connectivity index (χ2v) is 6.97. The largest absolute Gasteiger partial charge is 0.416 e. The van der Waals surface area contributed by atoms with Crippen molar-refractivity contribution in [2.24, 2.45) is 0 Å². The summed E-state index contributed by atoms with van der Waals surface area (Å²) in [4.78, 5) is 29.6. The number of aromatic amines is 1. The van der Waals surface area contributed by atoms with Gasteiger partial charge in [-0.2, -0.15) is 13.2 Å². The van der Waals surface area contributed by atoms with Gasteiger partial charge in [0.05, 0.1) is 12.1 Å². The summed E-state index contributed by atoms with van der Waals surface area (Å²) in [5.41, 5.74) is -0.893. The molecule has 1 N–H and O–H groups in total. The fraction of sp³-hybridized carbons (Fsp3) is 0.136. The number of amides is 1. The number of fused-ring (bicyclic) bond motifs is 1. The third-order valence-corrected chi connectivity index (χ3v) is 4.71. The second kappa shape index (κ2) is 7.75. The molecule has 0 fully saturated rings. The molecule has 4 aromatic rings. The lowest BCUT2D eigenvalue weighted by Gasteiger charge is -2.23. The minimum absolute atomic E-state index is 0.0203. The standard InChI is InChI=1S/C22H16F3N3O3/c1-13-9-16(27-31-13)12-28(17-7-4-6-15(11-17)22(23,24)25)21(30)18-10-14-5-2-3-8-19(14)26-20(18)29/h2-11H,12H2,1H3,(H,26,29). The third kappa shape index (κ3) is 4.20. The van der Waals surface area contributed by atoms with E-state index in [1.165, 1.54) is 18.2 Å². The zero-order valence-electron chi connectivity index (χ0n) is 16.2. The number of hydrogen-bond acceptors (Lipinski definition) is 4. The van der Waals surface area contributed by atoms with Crippen LogP contribution in [0.25, 0.3) is 10.9 Å². The molecule has 0 aliphatic carbocycles. The highest BCUT2D eigenvalue weighted by atomic mass is 19.4. The number of aromatic nitrogens is 2. The zero-order chi connectivity index (χ0) is 22.2. The summed E-state index contributed by atoms with van der Waals surface area (Å²) in [7, 11) is 0. The number of alkyl halides is 3. The van der Waals surface area contributed by atoms with Crippen molar-refractivity contribution in [3.05, 3.63) is 93.6 Å². The molecule has 31 heavy (non-hydrogen) atoms. The number of H-pyrrole nitrogens is 1. The van der Waals surface area contributed by atoms with Crippen LogP contribution in [-0.4, -0.2) is 16.0 Å². The molecule has 6 nitrogen and oxygen atoms in total. The Morgan fingerprint density at radius 1 is 1.10 bits per heavy atom. The molecular weight excluding hydrogens is 411 g/mol. The van der Waals surface area contributed by atoms with E-state index in [-0.39, 0.29) is 17.8 Å². The van der Waals surface area contributed by atoms with E-state index in [1.807, 2.05) is 0 Å². The van der Waals surface area contributed by atoms with Gasteiger partial charge in [0.2, 0.25) is 0 Å². The molecule has 0 bridgehead atoms. The van der Waals surface area contributed by atoms with Crippen molar-refractivity contribution in [3.63, 3.8) is 0 Å². The lowest BCUT2D eigenvalue weighted by atomic mass is 10.1. The van der Waals surface area contributed by atoms with Gasteiger partial charge in [0.15, 0.2) is 0 Å². The van der Waals surface area contributed by atoms with Gasteiger partial charge in [-0.05, 0) is 42.6 Å². The Bertz CT molecular complexity index is 1320. The van der Waals surface area contributed by atoms with Crippen LogP contribution in [0.4, 0.5) is 18.9 Å². The number of pyridine rings is 1. The van der Waals surface area contributed by atoms with Crippen LogP contribution in [0.2, 0.25) is 0 Å². The lowest BCUT2D eigenvalue weighted by Crippen LogP contribution is -2.34. The third-order valence-electron chi connectivity index (χ3n) is 4.71. The average molecular weight is 427 g/mol. The molecule has 0 saturated carbocycles. The maximum atomic E-state index is 13.3. The number of benzene rings is 2. The molecule has 0 aliphatic rings. The molecule has 158 valence electrons. The average Bonchev–Trinajstić information content (AvgIpc) is 3.15. The van der Waals surface area contributed by atoms with Crippen LogP contribution in [0.5, 0.6) is 0 Å². The van der Waals surface area contributed by atoms with Crippen molar-refractivity contribution in [1.29, 1.82) is 0 Å². The van der Waals surface area contributed by atoms with Gasteiger partial charge in [-0.3, -0.25) is 9.59 Å². The normalized spacial score (nSPS) is 11.6. The molecule has 2 aromatic heterocycles. The molecule has 2 heterocycles. The van der Waals surface area contributed by atoms with Gasteiger partial charge in [-0.15, -0.1) is 0 Å². The van der Waals surface area contributed by atoms with Gasteiger partial charge in [-0.1, -0.05) is 29.4 Å². The van der Waals surface area contributed by atoms with E-state index in [1.54, 1.807) is 37.3 Å². The number of carbonyl (C=O) groups excluding carboxylic acids is 1. The van der Waals surface area contributed by atoms with Crippen LogP contribution in [-0.2, 0) is 12.7 Å². The number of hydrogen-bond donors (Lipinski definition) is 1. The molecule has 0 unspecified atom stereocenters. The summed E-state index contributed by atoms with van der Waals surface area (Å²) < 4.78 is 44.7. The van der Waals surface area contributed by atoms with Crippen molar-refractivity contribution in [1.82, 2.24) is 10.1 Å². The van der Waals surface area contributed by atoms with Gasteiger partial charge in [0.1, 0.15) is 17.0 Å². The molecule has 0 spiro atoms. The summed E-state index contributed by atoms with van der Waals surface area (Å²) in [5, 5.41) is 4.44. The van der Waals surface area contributed by atoms with Crippen molar-refractivity contribution in [3.8, 4) is 0 Å². The lowest BCUT2D eigenvalue weighted by molar-refractivity contribution is -0.137. The predicted molar refractivity (Wildman–Crippen MR) is 108 cm³/mol. The smallest absolute Gasteiger partial charge is 0.361 e. The van der Waals surface area contributed by atoms with Gasteiger partial charge < -0.3 is 14.4 Å². The Balaban J connectivity index is 1.82. The summed E-state index contributed by atoms with van der Waals surface area (Å²) in [6.45, 7) is 1.48. The maximum absolute atomic E-state index is 13.3. The Hall–Kier alpha value is -3.88.